The van der Waals surface area contributed by atoms with Gasteiger partial charge in [-0.1, -0.05) is 13.8 Å². The van der Waals surface area contributed by atoms with Crippen molar-refractivity contribution >= 4 is 5.78 Å². The van der Waals surface area contributed by atoms with Crippen molar-refractivity contribution in [3.05, 3.63) is 0 Å². The molecule has 2 heteroatoms. The van der Waals surface area contributed by atoms with E-state index in [-0.39, 0.29) is 0 Å². The molecule has 4 aliphatic rings. The summed E-state index contributed by atoms with van der Waals surface area (Å²) in [6.07, 6.45) is 12.0. The number of fused-ring (bicyclic) bond motifs is 5. The topological polar surface area (TPSA) is 37.3 Å². The molecule has 0 bridgehead atoms. The molecule has 130 valence electrons. The highest BCUT2D eigenvalue weighted by atomic mass is 16.3. The Morgan fingerprint density at radius 2 is 1.78 bits per heavy atom. The number of ketones is 1. The number of aliphatic hydroxyl groups is 1. The van der Waals surface area contributed by atoms with E-state index >= 15 is 0 Å². The Balaban J connectivity index is 1.59. The molecule has 4 saturated carbocycles. The second kappa shape index (κ2) is 5.58. The number of carbonyl (C=O) groups is 1. The van der Waals surface area contributed by atoms with Crippen LogP contribution < -0.4 is 0 Å². The molecule has 0 aliphatic heterocycles. The summed E-state index contributed by atoms with van der Waals surface area (Å²) in [4.78, 5) is 11.9. The summed E-state index contributed by atoms with van der Waals surface area (Å²) >= 11 is 0. The van der Waals surface area contributed by atoms with E-state index in [1.807, 2.05) is 0 Å². The summed E-state index contributed by atoms with van der Waals surface area (Å²) < 4.78 is 0. The molecular formula is C21H34O2. The highest BCUT2D eigenvalue weighted by Crippen LogP contribution is 2.67. The van der Waals surface area contributed by atoms with Gasteiger partial charge in [0.25, 0.3) is 0 Å². The van der Waals surface area contributed by atoms with Crippen molar-refractivity contribution in [2.24, 2.45) is 40.4 Å². The van der Waals surface area contributed by atoms with Crippen molar-refractivity contribution in [3.8, 4) is 0 Å². The predicted octanol–water partition coefficient (Wildman–Crippen LogP) is 4.60. The number of rotatable bonds is 2. The monoisotopic (exact) mass is 318 g/mol. The molecule has 4 fully saturated rings. The third-order valence-corrected chi connectivity index (χ3v) is 9.16. The van der Waals surface area contributed by atoms with E-state index in [1.165, 1.54) is 38.5 Å². The van der Waals surface area contributed by atoms with Crippen LogP contribution >= 0.6 is 0 Å². The molecule has 0 amide bonds. The molecule has 1 N–H and O–H groups in total. The Labute approximate surface area is 141 Å². The molecule has 0 radical (unpaired) electrons. The lowest BCUT2D eigenvalue weighted by Crippen LogP contribution is -2.53. The van der Waals surface area contributed by atoms with Crippen molar-refractivity contribution in [1.82, 2.24) is 0 Å². The number of carbonyl (C=O) groups excluding carboxylic acids is 1. The molecule has 2 nitrogen and oxygen atoms in total. The maximum atomic E-state index is 11.9. The first-order valence-electron chi connectivity index (χ1n) is 10.1. The number of Topliss-reactive ketones (excluding diaryl/α,β-unsaturated/α-hetero) is 1. The van der Waals surface area contributed by atoms with Crippen molar-refractivity contribution < 1.29 is 9.90 Å². The molecule has 7 unspecified atom stereocenters. The van der Waals surface area contributed by atoms with E-state index in [2.05, 4.69) is 13.8 Å². The second-order valence-corrected chi connectivity index (χ2v) is 9.73. The summed E-state index contributed by atoms with van der Waals surface area (Å²) in [5.41, 5.74) is 0.921. The fourth-order valence-electron chi connectivity index (χ4n) is 7.78. The molecule has 4 rings (SSSR count). The third kappa shape index (κ3) is 2.27. The van der Waals surface area contributed by atoms with E-state index in [1.54, 1.807) is 0 Å². The Kier molecular flexibility index (Phi) is 3.91. The molecule has 0 aromatic heterocycles. The van der Waals surface area contributed by atoms with Crippen LogP contribution in [-0.4, -0.2) is 17.5 Å². The predicted molar refractivity (Wildman–Crippen MR) is 91.9 cm³/mol. The Morgan fingerprint density at radius 3 is 2.57 bits per heavy atom. The van der Waals surface area contributed by atoms with Crippen LogP contribution in [0.4, 0.5) is 0 Å². The van der Waals surface area contributed by atoms with Gasteiger partial charge in [-0.2, -0.15) is 0 Å². The average molecular weight is 319 g/mol. The van der Waals surface area contributed by atoms with Gasteiger partial charge in [0.1, 0.15) is 5.78 Å². The summed E-state index contributed by atoms with van der Waals surface area (Å²) in [7, 11) is 0. The maximum absolute atomic E-state index is 11.9. The summed E-state index contributed by atoms with van der Waals surface area (Å²) in [5.74, 6) is 4.58. The molecule has 23 heavy (non-hydrogen) atoms. The first-order valence-corrected chi connectivity index (χ1v) is 10.1. The van der Waals surface area contributed by atoms with Crippen LogP contribution in [0.2, 0.25) is 0 Å². The minimum absolute atomic E-state index is 0.364. The van der Waals surface area contributed by atoms with Crippen LogP contribution in [0.3, 0.4) is 0 Å². The second-order valence-electron chi connectivity index (χ2n) is 9.73. The quantitative estimate of drug-likeness (QED) is 0.808. The molecule has 4 aliphatic carbocycles. The van der Waals surface area contributed by atoms with E-state index in [9.17, 15) is 9.90 Å². The van der Waals surface area contributed by atoms with E-state index < -0.39 is 0 Å². The molecular weight excluding hydrogens is 284 g/mol. The van der Waals surface area contributed by atoms with Gasteiger partial charge in [-0.15, -0.1) is 0 Å². The fourth-order valence-corrected chi connectivity index (χ4v) is 7.78. The van der Waals surface area contributed by atoms with Crippen molar-refractivity contribution in [2.45, 2.75) is 78.1 Å². The van der Waals surface area contributed by atoms with Crippen molar-refractivity contribution in [1.29, 1.82) is 0 Å². The zero-order valence-corrected chi connectivity index (χ0v) is 15.0. The normalized spacial score (nSPS) is 52.7. The van der Waals surface area contributed by atoms with Gasteiger partial charge in [0.2, 0.25) is 0 Å². The summed E-state index contributed by atoms with van der Waals surface area (Å²) in [5, 5.41) is 9.45. The van der Waals surface area contributed by atoms with E-state index in [0.717, 1.165) is 49.4 Å². The molecule has 0 heterocycles. The van der Waals surface area contributed by atoms with Crippen LogP contribution in [0, 0.1) is 40.4 Å². The van der Waals surface area contributed by atoms with Gasteiger partial charge in [-0.05, 0) is 91.8 Å². The lowest BCUT2D eigenvalue weighted by Gasteiger charge is -2.60. The van der Waals surface area contributed by atoms with Crippen LogP contribution in [0.15, 0.2) is 0 Å². The minimum Gasteiger partial charge on any atom is -0.396 e. The lowest BCUT2D eigenvalue weighted by atomic mass is 9.44. The Hall–Kier alpha value is -0.370. The van der Waals surface area contributed by atoms with Crippen LogP contribution in [-0.2, 0) is 4.79 Å². The third-order valence-electron chi connectivity index (χ3n) is 9.16. The summed E-state index contributed by atoms with van der Waals surface area (Å²) in [6.45, 7) is 5.44. The largest absolute Gasteiger partial charge is 0.396 e. The lowest BCUT2D eigenvalue weighted by molar-refractivity contribution is -0.139. The van der Waals surface area contributed by atoms with Crippen LogP contribution in [0.5, 0.6) is 0 Å². The Morgan fingerprint density at radius 1 is 1.00 bits per heavy atom. The number of hydrogen-bond donors (Lipinski definition) is 1. The molecule has 0 spiro atoms. The van der Waals surface area contributed by atoms with Crippen LogP contribution in [0.1, 0.15) is 78.1 Å². The molecule has 0 aromatic rings. The molecule has 0 aromatic carbocycles. The smallest absolute Gasteiger partial charge is 0.133 e. The van der Waals surface area contributed by atoms with Gasteiger partial charge in [0.15, 0.2) is 0 Å². The highest BCUT2D eigenvalue weighted by molar-refractivity contribution is 5.79. The van der Waals surface area contributed by atoms with Gasteiger partial charge >= 0.3 is 0 Å². The number of hydrogen-bond acceptors (Lipinski definition) is 2. The van der Waals surface area contributed by atoms with Gasteiger partial charge in [0.05, 0.1) is 0 Å². The minimum atomic E-state index is 0.364. The SMILES string of the molecule is CC12CCC3C(CCC4CC(=O)CCC43C)C1CCC2CCO. The number of aliphatic hydroxyl groups excluding tert-OH is 1. The van der Waals surface area contributed by atoms with Gasteiger partial charge in [-0.3, -0.25) is 4.79 Å². The van der Waals surface area contributed by atoms with E-state index in [4.69, 9.17) is 0 Å². The zero-order chi connectivity index (χ0) is 16.2. The van der Waals surface area contributed by atoms with Gasteiger partial charge < -0.3 is 5.11 Å². The highest BCUT2D eigenvalue weighted by Gasteiger charge is 2.59. The first-order chi connectivity index (χ1) is 11.0. The van der Waals surface area contributed by atoms with Crippen molar-refractivity contribution in [3.63, 3.8) is 0 Å². The van der Waals surface area contributed by atoms with Gasteiger partial charge in [0, 0.05) is 19.4 Å². The first kappa shape index (κ1) is 16.1. The molecule has 7 atom stereocenters. The average Bonchev–Trinajstić information content (AvgIpc) is 2.85. The van der Waals surface area contributed by atoms with Crippen LogP contribution in [0.25, 0.3) is 0 Å². The standard InChI is InChI=1S/C21H34O2/c1-20-11-8-19-17(18(20)6-4-14(20)9-12-22)5-3-15-13-16(23)7-10-21(15,19)2/h14-15,17-19,22H,3-13H2,1-2H3. The van der Waals surface area contributed by atoms with Crippen molar-refractivity contribution in [2.75, 3.05) is 6.61 Å². The summed E-state index contributed by atoms with van der Waals surface area (Å²) in [6, 6.07) is 0. The molecule has 0 saturated heterocycles. The van der Waals surface area contributed by atoms with E-state index in [0.29, 0.717) is 29.1 Å². The van der Waals surface area contributed by atoms with Gasteiger partial charge in [-0.25, -0.2) is 0 Å². The zero-order valence-electron chi connectivity index (χ0n) is 15.0. The maximum Gasteiger partial charge on any atom is 0.133 e. The Bertz CT molecular complexity index is 486. The fraction of sp³-hybridized carbons (Fsp3) is 0.952.